The molecule has 6 nitrogen and oxygen atoms in total. The zero-order valence-electron chi connectivity index (χ0n) is 15.3. The number of unbranched alkanes of at least 4 members (excludes halogenated alkanes) is 1. The molecule has 0 aliphatic rings. The number of hydrogen-bond donors (Lipinski definition) is 3. The van der Waals surface area contributed by atoms with E-state index in [4.69, 9.17) is 0 Å². The molecule has 0 saturated heterocycles. The van der Waals surface area contributed by atoms with E-state index in [1.807, 2.05) is 6.92 Å². The van der Waals surface area contributed by atoms with Gasteiger partial charge in [0, 0.05) is 26.2 Å². The third-order valence-corrected chi connectivity index (χ3v) is 5.15. The van der Waals surface area contributed by atoms with Crippen molar-refractivity contribution in [1.82, 2.24) is 15.4 Å². The number of nitrogens with zero attached hydrogens (tertiary/aromatic N) is 1. The number of aliphatic imine (C=N–C) groups is 1. The van der Waals surface area contributed by atoms with Crippen LogP contribution in [0.15, 0.2) is 4.99 Å². The second-order valence-corrected chi connectivity index (χ2v) is 7.81. The summed E-state index contributed by atoms with van der Waals surface area (Å²) in [4.78, 5) is 4.66. The molecule has 0 amide bonds. The van der Waals surface area contributed by atoms with Gasteiger partial charge < -0.3 is 10.6 Å². The molecule has 0 aromatic carbocycles. The maximum atomic E-state index is 11.3. The summed E-state index contributed by atoms with van der Waals surface area (Å²) >= 11 is 0. The lowest BCUT2D eigenvalue weighted by atomic mass is 10.00. The molecule has 1 atom stereocenters. The van der Waals surface area contributed by atoms with Crippen LogP contribution in [-0.2, 0) is 10.0 Å². The molecule has 0 aliphatic carbocycles. The molecule has 0 heterocycles. The van der Waals surface area contributed by atoms with E-state index in [1.54, 1.807) is 6.92 Å². The molecular formula is C16H36N4O2S. The predicted molar refractivity (Wildman–Crippen MR) is 99.4 cm³/mol. The average Bonchev–Trinajstić information content (AvgIpc) is 2.54. The Hall–Kier alpha value is -0.820. The van der Waals surface area contributed by atoms with Gasteiger partial charge in [0.25, 0.3) is 0 Å². The van der Waals surface area contributed by atoms with Crippen molar-refractivity contribution in [3.05, 3.63) is 0 Å². The Labute approximate surface area is 143 Å². The van der Waals surface area contributed by atoms with Gasteiger partial charge in [-0.2, -0.15) is 0 Å². The van der Waals surface area contributed by atoms with Crippen molar-refractivity contribution in [2.75, 3.05) is 31.9 Å². The lowest BCUT2D eigenvalue weighted by molar-refractivity contribution is 0.461. The normalized spacial score (nSPS) is 13.8. The highest BCUT2D eigenvalue weighted by Gasteiger charge is 2.07. The monoisotopic (exact) mass is 348 g/mol. The van der Waals surface area contributed by atoms with Crippen LogP contribution in [0.2, 0.25) is 0 Å². The minimum Gasteiger partial charge on any atom is -0.357 e. The first kappa shape index (κ1) is 22.2. The molecule has 0 saturated carbocycles. The van der Waals surface area contributed by atoms with Crippen LogP contribution in [0.1, 0.15) is 59.8 Å². The highest BCUT2D eigenvalue weighted by molar-refractivity contribution is 7.89. The minimum atomic E-state index is -3.09. The second kappa shape index (κ2) is 13.6. The van der Waals surface area contributed by atoms with Gasteiger partial charge in [-0.25, -0.2) is 13.1 Å². The predicted octanol–water partition coefficient (Wildman–Crippen LogP) is 2.09. The Kier molecular flexibility index (Phi) is 13.1. The van der Waals surface area contributed by atoms with Crippen molar-refractivity contribution in [1.29, 1.82) is 0 Å². The van der Waals surface area contributed by atoms with Gasteiger partial charge in [0.05, 0.1) is 5.75 Å². The third-order valence-electron chi connectivity index (χ3n) is 3.74. The highest BCUT2D eigenvalue weighted by atomic mass is 32.2. The smallest absolute Gasteiger partial charge is 0.211 e. The first-order chi connectivity index (χ1) is 11.0. The van der Waals surface area contributed by atoms with Crippen LogP contribution >= 0.6 is 0 Å². The second-order valence-electron chi connectivity index (χ2n) is 5.71. The number of nitrogens with one attached hydrogen (secondary N) is 3. The number of hydrogen-bond acceptors (Lipinski definition) is 3. The van der Waals surface area contributed by atoms with E-state index in [0.29, 0.717) is 19.0 Å². The van der Waals surface area contributed by atoms with E-state index in [2.05, 4.69) is 34.2 Å². The summed E-state index contributed by atoms with van der Waals surface area (Å²) in [6, 6.07) is 0. The summed E-state index contributed by atoms with van der Waals surface area (Å²) in [6.07, 6.45) is 5.61. The Balaban J connectivity index is 4.16. The maximum absolute atomic E-state index is 11.3. The molecule has 0 radical (unpaired) electrons. The topological polar surface area (TPSA) is 82.6 Å². The molecule has 7 heteroatoms. The van der Waals surface area contributed by atoms with Crippen molar-refractivity contribution >= 4 is 16.0 Å². The van der Waals surface area contributed by atoms with Gasteiger partial charge >= 0.3 is 0 Å². The van der Waals surface area contributed by atoms with Gasteiger partial charge in [-0.3, -0.25) is 4.99 Å². The molecule has 0 fully saturated rings. The Morgan fingerprint density at radius 1 is 1.04 bits per heavy atom. The van der Waals surface area contributed by atoms with Gasteiger partial charge in [0.15, 0.2) is 5.96 Å². The molecular weight excluding hydrogens is 312 g/mol. The molecule has 23 heavy (non-hydrogen) atoms. The minimum absolute atomic E-state index is 0.126. The average molecular weight is 349 g/mol. The first-order valence-corrected chi connectivity index (χ1v) is 10.6. The summed E-state index contributed by atoms with van der Waals surface area (Å²) in [6.45, 7) is 10.9. The summed E-state index contributed by atoms with van der Waals surface area (Å²) in [5, 5.41) is 6.50. The standard InChI is InChI=1S/C16H36N4O2S/c1-5-9-11-15(6-2)14-19-16(17-7-3)18-12-10-13-20-23(21,22)8-4/h15,20H,5-14H2,1-4H3,(H2,17,18,19). The lowest BCUT2D eigenvalue weighted by Crippen LogP contribution is -2.39. The summed E-state index contributed by atoms with van der Waals surface area (Å²) < 4.78 is 25.2. The van der Waals surface area contributed by atoms with Crippen molar-refractivity contribution in [2.45, 2.75) is 59.8 Å². The van der Waals surface area contributed by atoms with E-state index in [9.17, 15) is 8.42 Å². The fraction of sp³-hybridized carbons (Fsp3) is 0.938. The molecule has 0 aromatic heterocycles. The number of guanidine groups is 1. The van der Waals surface area contributed by atoms with Gasteiger partial charge in [0.1, 0.15) is 0 Å². The van der Waals surface area contributed by atoms with Gasteiger partial charge in [-0.05, 0) is 32.6 Å². The molecule has 0 aliphatic heterocycles. The molecule has 0 bridgehead atoms. The number of sulfonamides is 1. The SMILES string of the molecule is CCCCC(CC)CN=C(NCC)NCCCNS(=O)(=O)CC. The van der Waals surface area contributed by atoms with Gasteiger partial charge in [-0.15, -0.1) is 0 Å². The summed E-state index contributed by atoms with van der Waals surface area (Å²) in [5.41, 5.74) is 0. The first-order valence-electron chi connectivity index (χ1n) is 8.98. The fourth-order valence-corrected chi connectivity index (χ4v) is 2.76. The molecule has 3 N–H and O–H groups in total. The maximum Gasteiger partial charge on any atom is 0.211 e. The van der Waals surface area contributed by atoms with E-state index >= 15 is 0 Å². The Morgan fingerprint density at radius 2 is 1.78 bits per heavy atom. The summed E-state index contributed by atoms with van der Waals surface area (Å²) in [5.74, 6) is 1.59. The number of rotatable bonds is 13. The molecule has 138 valence electrons. The van der Waals surface area contributed by atoms with Crippen LogP contribution in [0.25, 0.3) is 0 Å². The molecule has 0 aromatic rings. The molecule has 0 rings (SSSR count). The quantitative estimate of drug-likeness (QED) is 0.270. The van der Waals surface area contributed by atoms with Crippen molar-refractivity contribution in [3.63, 3.8) is 0 Å². The van der Waals surface area contributed by atoms with E-state index in [-0.39, 0.29) is 5.75 Å². The van der Waals surface area contributed by atoms with Crippen LogP contribution in [0.3, 0.4) is 0 Å². The van der Waals surface area contributed by atoms with Gasteiger partial charge in [0.2, 0.25) is 10.0 Å². The largest absolute Gasteiger partial charge is 0.357 e. The van der Waals surface area contributed by atoms with Crippen molar-refractivity contribution in [2.24, 2.45) is 10.9 Å². The Morgan fingerprint density at radius 3 is 2.35 bits per heavy atom. The van der Waals surface area contributed by atoms with Crippen LogP contribution in [0.4, 0.5) is 0 Å². The molecule has 0 spiro atoms. The van der Waals surface area contributed by atoms with Crippen LogP contribution < -0.4 is 15.4 Å². The van der Waals surface area contributed by atoms with E-state index in [0.717, 1.165) is 31.9 Å². The van der Waals surface area contributed by atoms with E-state index in [1.165, 1.54) is 19.3 Å². The van der Waals surface area contributed by atoms with E-state index < -0.39 is 10.0 Å². The zero-order valence-corrected chi connectivity index (χ0v) is 16.1. The van der Waals surface area contributed by atoms with Crippen LogP contribution in [0.5, 0.6) is 0 Å². The zero-order chi connectivity index (χ0) is 17.6. The van der Waals surface area contributed by atoms with Crippen molar-refractivity contribution in [3.8, 4) is 0 Å². The van der Waals surface area contributed by atoms with Crippen LogP contribution in [0, 0.1) is 5.92 Å². The van der Waals surface area contributed by atoms with Gasteiger partial charge in [-0.1, -0.05) is 33.1 Å². The third kappa shape index (κ3) is 12.3. The fourth-order valence-electron chi connectivity index (χ4n) is 2.10. The lowest BCUT2D eigenvalue weighted by Gasteiger charge is -2.15. The summed E-state index contributed by atoms with van der Waals surface area (Å²) in [7, 11) is -3.09. The Bertz CT molecular complexity index is 410. The van der Waals surface area contributed by atoms with Crippen LogP contribution in [-0.4, -0.2) is 46.3 Å². The molecule has 1 unspecified atom stereocenters. The highest BCUT2D eigenvalue weighted by Crippen LogP contribution is 2.12. The van der Waals surface area contributed by atoms with Crippen molar-refractivity contribution < 1.29 is 8.42 Å².